The first-order valence-corrected chi connectivity index (χ1v) is 18.7. The molecule has 0 aliphatic heterocycles. The van der Waals surface area contributed by atoms with Crippen LogP contribution in [0.4, 0.5) is 17.1 Å². The fourth-order valence-corrected chi connectivity index (χ4v) is 10.1. The molecular weight excluding hydrogens is 639 g/mol. The van der Waals surface area contributed by atoms with Crippen LogP contribution >= 0.6 is 0 Å². The lowest BCUT2D eigenvalue weighted by molar-refractivity contribution is 0.662. The summed E-state index contributed by atoms with van der Waals surface area (Å²) in [7, 11) is 0. The number of hydrogen-bond acceptors (Lipinski definition) is 1. The number of hydrogen-bond donors (Lipinski definition) is 0. The van der Waals surface area contributed by atoms with E-state index in [9.17, 15) is 0 Å². The molecule has 1 spiro atoms. The Morgan fingerprint density at radius 3 is 1.42 bits per heavy atom. The van der Waals surface area contributed by atoms with E-state index in [1.807, 2.05) is 0 Å². The zero-order chi connectivity index (χ0) is 35.3. The zero-order valence-corrected chi connectivity index (χ0v) is 29.8. The monoisotopic (exact) mass is 675 g/mol. The number of fused-ring (bicyclic) bond motifs is 13. The van der Waals surface area contributed by atoms with Gasteiger partial charge in [0.15, 0.2) is 0 Å². The highest BCUT2D eigenvalue weighted by atomic mass is 15.1. The molecule has 3 aliphatic rings. The molecule has 0 aromatic heterocycles. The lowest BCUT2D eigenvalue weighted by Gasteiger charge is -2.32. The van der Waals surface area contributed by atoms with Crippen molar-refractivity contribution in [3.05, 3.63) is 221 Å². The van der Waals surface area contributed by atoms with Crippen LogP contribution in [0.2, 0.25) is 0 Å². The molecule has 0 atom stereocenters. The van der Waals surface area contributed by atoms with E-state index in [0.717, 1.165) is 17.1 Å². The van der Waals surface area contributed by atoms with Gasteiger partial charge >= 0.3 is 0 Å². The van der Waals surface area contributed by atoms with Crippen LogP contribution in [0.25, 0.3) is 44.5 Å². The SMILES string of the molecule is CC1(C)c2ccccc2-c2cccc(-c3cccc(N(c4ccccc4)c4ccc5c(c4)C4(c6ccccc6-c6ccccc64)c4ccccc4-5)c3)c21. The Morgan fingerprint density at radius 1 is 0.321 bits per heavy atom. The Hall–Kier alpha value is -6.44. The van der Waals surface area contributed by atoms with Crippen molar-refractivity contribution in [2.45, 2.75) is 24.7 Å². The maximum Gasteiger partial charge on any atom is 0.0726 e. The lowest BCUT2D eigenvalue weighted by Crippen LogP contribution is -2.26. The Labute approximate surface area is 311 Å². The lowest BCUT2D eigenvalue weighted by atomic mass is 9.70. The summed E-state index contributed by atoms with van der Waals surface area (Å²) in [6.45, 7) is 4.75. The topological polar surface area (TPSA) is 3.24 Å². The molecule has 0 fully saturated rings. The minimum Gasteiger partial charge on any atom is -0.310 e. The first-order valence-electron chi connectivity index (χ1n) is 18.7. The van der Waals surface area contributed by atoms with Crippen molar-refractivity contribution in [3.63, 3.8) is 0 Å². The molecule has 8 aromatic rings. The predicted molar refractivity (Wildman–Crippen MR) is 220 cm³/mol. The number of benzene rings is 8. The summed E-state index contributed by atoms with van der Waals surface area (Å²) >= 11 is 0. The minimum absolute atomic E-state index is 0.102. The first-order chi connectivity index (χ1) is 26.1. The fourth-order valence-electron chi connectivity index (χ4n) is 10.1. The van der Waals surface area contributed by atoms with Crippen LogP contribution in [0.3, 0.4) is 0 Å². The molecular formula is C52H37N. The summed E-state index contributed by atoms with van der Waals surface area (Å²) in [5, 5.41) is 0. The molecule has 250 valence electrons. The average molecular weight is 676 g/mol. The van der Waals surface area contributed by atoms with Gasteiger partial charge in [-0.15, -0.1) is 0 Å². The van der Waals surface area contributed by atoms with E-state index in [1.165, 1.54) is 77.9 Å². The van der Waals surface area contributed by atoms with Crippen LogP contribution in [0.5, 0.6) is 0 Å². The molecule has 53 heavy (non-hydrogen) atoms. The molecule has 0 heterocycles. The maximum absolute atomic E-state index is 2.48. The molecule has 1 heteroatoms. The van der Waals surface area contributed by atoms with Crippen LogP contribution < -0.4 is 4.90 Å². The number of para-hydroxylation sites is 1. The van der Waals surface area contributed by atoms with Gasteiger partial charge in [0.1, 0.15) is 0 Å². The van der Waals surface area contributed by atoms with Crippen molar-refractivity contribution in [1.29, 1.82) is 0 Å². The summed E-state index contributed by atoms with van der Waals surface area (Å²) in [6.07, 6.45) is 0. The molecule has 8 aromatic carbocycles. The van der Waals surface area contributed by atoms with Gasteiger partial charge in [0.25, 0.3) is 0 Å². The Balaban J connectivity index is 1.13. The first kappa shape index (κ1) is 30.2. The van der Waals surface area contributed by atoms with Crippen molar-refractivity contribution < 1.29 is 0 Å². The summed E-state index contributed by atoms with van der Waals surface area (Å²) in [5.41, 5.74) is 21.6. The summed E-state index contributed by atoms with van der Waals surface area (Å²) in [4.78, 5) is 2.44. The third-order valence-corrected chi connectivity index (χ3v) is 12.2. The molecule has 0 bridgehead atoms. The standard InChI is InChI=1S/C52H37N/c1-51(2)45-26-10-6-23-42(45)44-25-15-24-38(50(44)51)34-16-14-19-36(32-34)53(35-17-4-3-5-18-35)37-30-31-43-41-22-9-13-29-48(41)52(49(43)33-37)46-27-11-7-20-39(46)40-21-8-12-28-47(40)52/h3-33H,1-2H3. The molecule has 0 amide bonds. The van der Waals surface area contributed by atoms with Gasteiger partial charge < -0.3 is 4.90 Å². The van der Waals surface area contributed by atoms with Gasteiger partial charge in [-0.25, -0.2) is 0 Å². The van der Waals surface area contributed by atoms with Crippen molar-refractivity contribution in [1.82, 2.24) is 0 Å². The van der Waals surface area contributed by atoms with E-state index < -0.39 is 5.41 Å². The molecule has 1 nitrogen and oxygen atoms in total. The largest absolute Gasteiger partial charge is 0.310 e. The van der Waals surface area contributed by atoms with E-state index in [-0.39, 0.29) is 5.41 Å². The summed E-state index contributed by atoms with van der Waals surface area (Å²) < 4.78 is 0. The van der Waals surface area contributed by atoms with Crippen LogP contribution in [0, 0.1) is 0 Å². The maximum atomic E-state index is 2.48. The van der Waals surface area contributed by atoms with Crippen LogP contribution in [0.1, 0.15) is 47.2 Å². The molecule has 0 N–H and O–H groups in total. The third-order valence-electron chi connectivity index (χ3n) is 12.2. The van der Waals surface area contributed by atoms with Gasteiger partial charge in [0, 0.05) is 22.5 Å². The zero-order valence-electron chi connectivity index (χ0n) is 29.8. The number of rotatable bonds is 4. The smallest absolute Gasteiger partial charge is 0.0726 e. The van der Waals surface area contributed by atoms with Gasteiger partial charge in [-0.3, -0.25) is 0 Å². The molecule has 0 saturated carbocycles. The van der Waals surface area contributed by atoms with Gasteiger partial charge in [-0.05, 0) is 114 Å². The Kier molecular flexibility index (Phi) is 6.29. The van der Waals surface area contributed by atoms with E-state index in [2.05, 4.69) is 207 Å². The number of anilines is 3. The van der Waals surface area contributed by atoms with Gasteiger partial charge in [-0.1, -0.05) is 166 Å². The second kappa shape index (κ2) is 11.0. The molecule has 0 saturated heterocycles. The van der Waals surface area contributed by atoms with Crippen molar-refractivity contribution >= 4 is 17.1 Å². The van der Waals surface area contributed by atoms with E-state index in [4.69, 9.17) is 0 Å². The van der Waals surface area contributed by atoms with E-state index >= 15 is 0 Å². The van der Waals surface area contributed by atoms with Gasteiger partial charge in [0.2, 0.25) is 0 Å². The Bertz CT molecular complexity index is 2710. The van der Waals surface area contributed by atoms with Crippen LogP contribution in [-0.4, -0.2) is 0 Å². The van der Waals surface area contributed by atoms with Gasteiger partial charge in [-0.2, -0.15) is 0 Å². The normalized spacial score (nSPS) is 14.5. The second-order valence-corrected chi connectivity index (χ2v) is 15.2. The molecule has 0 unspecified atom stereocenters. The van der Waals surface area contributed by atoms with Gasteiger partial charge in [0.05, 0.1) is 5.41 Å². The molecule has 0 radical (unpaired) electrons. The highest BCUT2D eigenvalue weighted by Gasteiger charge is 2.51. The van der Waals surface area contributed by atoms with Crippen molar-refractivity contribution in [2.24, 2.45) is 0 Å². The van der Waals surface area contributed by atoms with Crippen LogP contribution in [-0.2, 0) is 10.8 Å². The predicted octanol–water partition coefficient (Wildman–Crippen LogP) is 13.5. The number of nitrogens with zero attached hydrogens (tertiary/aromatic N) is 1. The molecule has 3 aliphatic carbocycles. The van der Waals surface area contributed by atoms with E-state index in [0.29, 0.717) is 0 Å². The highest BCUT2D eigenvalue weighted by Crippen LogP contribution is 2.63. The van der Waals surface area contributed by atoms with Crippen molar-refractivity contribution in [3.8, 4) is 44.5 Å². The third kappa shape index (κ3) is 4.02. The average Bonchev–Trinajstić information content (AvgIpc) is 3.77. The van der Waals surface area contributed by atoms with Crippen LogP contribution in [0.15, 0.2) is 188 Å². The summed E-state index contributed by atoms with van der Waals surface area (Å²) in [6, 6.07) is 70.0. The quantitative estimate of drug-likeness (QED) is 0.179. The Morgan fingerprint density at radius 2 is 0.774 bits per heavy atom. The van der Waals surface area contributed by atoms with Crippen molar-refractivity contribution in [2.75, 3.05) is 4.90 Å². The molecule has 11 rings (SSSR count). The second-order valence-electron chi connectivity index (χ2n) is 15.2. The highest BCUT2D eigenvalue weighted by molar-refractivity contribution is 5.96. The minimum atomic E-state index is -0.398. The van der Waals surface area contributed by atoms with E-state index in [1.54, 1.807) is 0 Å². The summed E-state index contributed by atoms with van der Waals surface area (Å²) in [5.74, 6) is 0. The fraction of sp³-hybridized carbons (Fsp3) is 0.0769.